The number of rotatable bonds is 1. The van der Waals surface area contributed by atoms with E-state index in [0.29, 0.717) is 0 Å². The molecule has 0 spiro atoms. The molecular formula is C10H13Br. The second-order valence-corrected chi connectivity index (χ2v) is 3.38. The Morgan fingerprint density at radius 3 is 3.09 bits per heavy atom. The third-order valence-corrected chi connectivity index (χ3v) is 2.44. The number of hydrogen-bond donors (Lipinski definition) is 0. The number of allylic oxidation sites excluding steroid dienone is 6. The van der Waals surface area contributed by atoms with E-state index in [9.17, 15) is 0 Å². The molecule has 1 heteroatoms. The summed E-state index contributed by atoms with van der Waals surface area (Å²) in [7, 11) is 0. The van der Waals surface area contributed by atoms with Gasteiger partial charge in [-0.15, -0.1) is 0 Å². The van der Waals surface area contributed by atoms with Crippen LogP contribution >= 0.6 is 15.9 Å². The molecule has 0 N–H and O–H groups in total. The summed E-state index contributed by atoms with van der Waals surface area (Å²) in [6.07, 6.45) is 11.1. The van der Waals surface area contributed by atoms with Crippen molar-refractivity contribution in [3.8, 4) is 0 Å². The molecule has 0 saturated carbocycles. The molecular weight excluding hydrogens is 200 g/mol. The fourth-order valence-corrected chi connectivity index (χ4v) is 1.49. The Kier molecular flexibility index (Phi) is 3.64. The van der Waals surface area contributed by atoms with Crippen molar-refractivity contribution >= 4 is 15.9 Å². The van der Waals surface area contributed by atoms with Crippen LogP contribution in [0.1, 0.15) is 19.8 Å². The Morgan fingerprint density at radius 2 is 2.36 bits per heavy atom. The number of halogens is 1. The van der Waals surface area contributed by atoms with Crippen molar-refractivity contribution in [2.45, 2.75) is 19.8 Å². The Balaban J connectivity index is 2.68. The van der Waals surface area contributed by atoms with Crippen LogP contribution in [-0.4, -0.2) is 5.33 Å². The van der Waals surface area contributed by atoms with Gasteiger partial charge >= 0.3 is 0 Å². The molecule has 1 aliphatic carbocycles. The first-order chi connectivity index (χ1) is 5.33. The maximum Gasteiger partial charge on any atom is 0.0279 e. The van der Waals surface area contributed by atoms with Gasteiger partial charge in [-0.25, -0.2) is 0 Å². The van der Waals surface area contributed by atoms with Crippen LogP contribution in [-0.2, 0) is 0 Å². The van der Waals surface area contributed by atoms with E-state index in [1.165, 1.54) is 24.0 Å². The average molecular weight is 213 g/mol. The van der Waals surface area contributed by atoms with Gasteiger partial charge in [-0.05, 0) is 25.3 Å². The molecule has 0 aliphatic heterocycles. The third-order valence-electron chi connectivity index (χ3n) is 1.79. The minimum atomic E-state index is 0.969. The maximum atomic E-state index is 3.45. The average Bonchev–Trinajstić information content (AvgIpc) is 1.96. The summed E-state index contributed by atoms with van der Waals surface area (Å²) in [5.74, 6) is 0. The van der Waals surface area contributed by atoms with Crippen molar-refractivity contribution in [1.29, 1.82) is 0 Å². The Labute approximate surface area is 76.8 Å². The Hall–Kier alpha value is -0.300. The molecule has 0 fully saturated rings. The summed E-state index contributed by atoms with van der Waals surface area (Å²) in [5.41, 5.74) is 2.85. The Bertz CT molecular complexity index is 209. The van der Waals surface area contributed by atoms with E-state index in [-0.39, 0.29) is 0 Å². The van der Waals surface area contributed by atoms with E-state index in [1.54, 1.807) is 0 Å². The van der Waals surface area contributed by atoms with Gasteiger partial charge in [0.1, 0.15) is 0 Å². The van der Waals surface area contributed by atoms with Gasteiger partial charge in [0.25, 0.3) is 0 Å². The minimum absolute atomic E-state index is 0.969. The van der Waals surface area contributed by atoms with Gasteiger partial charge in [0.15, 0.2) is 0 Å². The Morgan fingerprint density at radius 1 is 1.55 bits per heavy atom. The zero-order valence-electron chi connectivity index (χ0n) is 6.81. The highest BCUT2D eigenvalue weighted by atomic mass is 79.9. The molecule has 1 aliphatic rings. The maximum absolute atomic E-state index is 3.45. The van der Waals surface area contributed by atoms with E-state index in [2.05, 4.69) is 47.2 Å². The van der Waals surface area contributed by atoms with Gasteiger partial charge in [-0.2, -0.15) is 0 Å². The predicted octanol–water partition coefficient (Wildman–Crippen LogP) is 3.60. The molecule has 0 saturated heterocycles. The van der Waals surface area contributed by atoms with Gasteiger partial charge in [-0.3, -0.25) is 0 Å². The molecule has 0 aromatic rings. The molecule has 0 amide bonds. The summed E-state index contributed by atoms with van der Waals surface area (Å²) >= 11 is 3.45. The summed E-state index contributed by atoms with van der Waals surface area (Å²) in [5, 5.41) is 0.969. The van der Waals surface area contributed by atoms with Crippen molar-refractivity contribution in [3.05, 3.63) is 35.5 Å². The largest absolute Gasteiger partial charge is 0.0876 e. The highest BCUT2D eigenvalue weighted by Gasteiger charge is 1.93. The molecule has 0 heterocycles. The second-order valence-electron chi connectivity index (χ2n) is 2.82. The quantitative estimate of drug-likeness (QED) is 0.583. The van der Waals surface area contributed by atoms with Gasteiger partial charge < -0.3 is 0 Å². The predicted molar refractivity (Wildman–Crippen MR) is 54.0 cm³/mol. The fourth-order valence-electron chi connectivity index (χ4n) is 1.07. The van der Waals surface area contributed by atoms with Gasteiger partial charge in [-0.1, -0.05) is 45.8 Å². The first kappa shape index (κ1) is 8.79. The standard InChI is InChI=1S/C10H13Br/c1-9-4-2-6-10(8-11)7-3-5-9/h2,4,6-7H,3,5,8H2,1H3. The van der Waals surface area contributed by atoms with Crippen LogP contribution in [0.4, 0.5) is 0 Å². The van der Waals surface area contributed by atoms with Gasteiger partial charge in [0.2, 0.25) is 0 Å². The van der Waals surface area contributed by atoms with Crippen LogP contribution < -0.4 is 0 Å². The van der Waals surface area contributed by atoms with Crippen molar-refractivity contribution in [3.63, 3.8) is 0 Å². The molecule has 60 valence electrons. The van der Waals surface area contributed by atoms with E-state index in [4.69, 9.17) is 0 Å². The zero-order valence-corrected chi connectivity index (χ0v) is 8.39. The number of alkyl halides is 1. The lowest BCUT2D eigenvalue weighted by Gasteiger charge is -2.01. The van der Waals surface area contributed by atoms with Crippen LogP contribution in [0.25, 0.3) is 0 Å². The van der Waals surface area contributed by atoms with Crippen LogP contribution in [0.5, 0.6) is 0 Å². The highest BCUT2D eigenvalue weighted by Crippen LogP contribution is 2.12. The van der Waals surface area contributed by atoms with Crippen molar-refractivity contribution in [2.75, 3.05) is 5.33 Å². The van der Waals surface area contributed by atoms with E-state index >= 15 is 0 Å². The third kappa shape index (κ3) is 3.06. The summed E-state index contributed by atoms with van der Waals surface area (Å²) in [6, 6.07) is 0. The van der Waals surface area contributed by atoms with Crippen molar-refractivity contribution in [1.82, 2.24) is 0 Å². The van der Waals surface area contributed by atoms with E-state index < -0.39 is 0 Å². The first-order valence-electron chi connectivity index (χ1n) is 3.92. The zero-order chi connectivity index (χ0) is 8.10. The summed E-state index contributed by atoms with van der Waals surface area (Å²) < 4.78 is 0. The molecule has 0 aromatic heterocycles. The first-order valence-corrected chi connectivity index (χ1v) is 5.04. The normalized spacial score (nSPS) is 18.4. The molecule has 11 heavy (non-hydrogen) atoms. The van der Waals surface area contributed by atoms with Crippen molar-refractivity contribution < 1.29 is 0 Å². The number of hydrogen-bond acceptors (Lipinski definition) is 0. The van der Waals surface area contributed by atoms with Crippen LogP contribution in [0.2, 0.25) is 0 Å². The van der Waals surface area contributed by atoms with Gasteiger partial charge in [0, 0.05) is 5.33 Å². The van der Waals surface area contributed by atoms with E-state index in [0.717, 1.165) is 5.33 Å². The van der Waals surface area contributed by atoms with Crippen LogP contribution in [0, 0.1) is 0 Å². The molecule has 0 radical (unpaired) electrons. The van der Waals surface area contributed by atoms with Gasteiger partial charge in [0.05, 0.1) is 0 Å². The molecule has 0 atom stereocenters. The molecule has 0 unspecified atom stereocenters. The SMILES string of the molecule is CC1=CC=CC(CBr)=CCC1. The monoisotopic (exact) mass is 212 g/mol. The summed E-state index contributed by atoms with van der Waals surface area (Å²) in [4.78, 5) is 0. The second kappa shape index (κ2) is 4.55. The topological polar surface area (TPSA) is 0 Å². The molecule has 0 aromatic carbocycles. The lowest BCUT2D eigenvalue weighted by Crippen LogP contribution is -1.84. The molecule has 0 nitrogen and oxygen atoms in total. The lowest BCUT2D eigenvalue weighted by atomic mass is 10.1. The molecule has 1 rings (SSSR count). The minimum Gasteiger partial charge on any atom is -0.0876 e. The highest BCUT2D eigenvalue weighted by molar-refractivity contribution is 9.09. The van der Waals surface area contributed by atoms with Crippen LogP contribution in [0.15, 0.2) is 35.5 Å². The summed E-state index contributed by atoms with van der Waals surface area (Å²) in [6.45, 7) is 2.18. The van der Waals surface area contributed by atoms with E-state index in [1.807, 2.05) is 0 Å². The molecule has 0 bridgehead atoms. The smallest absolute Gasteiger partial charge is 0.0279 e. The van der Waals surface area contributed by atoms with Crippen LogP contribution in [0.3, 0.4) is 0 Å². The lowest BCUT2D eigenvalue weighted by molar-refractivity contribution is 0.968. The fraction of sp³-hybridized carbons (Fsp3) is 0.400. The van der Waals surface area contributed by atoms with Crippen molar-refractivity contribution in [2.24, 2.45) is 0 Å².